The lowest BCUT2D eigenvalue weighted by atomic mass is 10.1. The van der Waals surface area contributed by atoms with Gasteiger partial charge in [0, 0.05) is 43.0 Å². The topological polar surface area (TPSA) is 54.0 Å². The molecule has 0 saturated carbocycles. The normalized spacial score (nSPS) is 16.7. The molecule has 2 heterocycles. The smallest absolute Gasteiger partial charge is 0.265 e. The predicted molar refractivity (Wildman–Crippen MR) is 106 cm³/mol. The molecule has 7 heteroatoms. The van der Waals surface area contributed by atoms with Gasteiger partial charge in [-0.15, -0.1) is 0 Å². The molecule has 1 saturated heterocycles. The van der Waals surface area contributed by atoms with Gasteiger partial charge in [-0.2, -0.15) is 0 Å². The van der Waals surface area contributed by atoms with Crippen LogP contribution in [0.3, 0.4) is 0 Å². The molecule has 1 fully saturated rings. The van der Waals surface area contributed by atoms with Gasteiger partial charge in [-0.1, -0.05) is 11.6 Å². The molecule has 6 nitrogen and oxygen atoms in total. The fourth-order valence-electron chi connectivity index (χ4n) is 3.50. The van der Waals surface area contributed by atoms with E-state index < -0.39 is 0 Å². The van der Waals surface area contributed by atoms with Crippen molar-refractivity contribution in [3.63, 3.8) is 0 Å². The zero-order valence-electron chi connectivity index (χ0n) is 15.2. The number of methoxy groups -OCH3 is 1. The summed E-state index contributed by atoms with van der Waals surface area (Å²) in [6.07, 6.45) is 0. The molecule has 4 rings (SSSR count). The quantitative estimate of drug-likeness (QED) is 0.874. The van der Waals surface area contributed by atoms with Crippen molar-refractivity contribution in [1.82, 2.24) is 5.32 Å². The summed E-state index contributed by atoms with van der Waals surface area (Å²) in [4.78, 5) is 16.6. The first-order valence-electron chi connectivity index (χ1n) is 9.00. The number of nitrogens with zero attached hydrogens (tertiary/aromatic N) is 2. The predicted octanol–water partition coefficient (Wildman–Crippen LogP) is 2.68. The molecule has 1 amide bonds. The average molecular weight is 388 g/mol. The lowest BCUT2D eigenvalue weighted by Gasteiger charge is -2.31. The van der Waals surface area contributed by atoms with Gasteiger partial charge in [0.2, 0.25) is 0 Å². The summed E-state index contributed by atoms with van der Waals surface area (Å²) in [5.74, 6) is 1.28. The molecule has 0 bridgehead atoms. The fraction of sp³-hybridized carbons (Fsp3) is 0.350. The number of piperazine rings is 1. The van der Waals surface area contributed by atoms with Crippen LogP contribution in [0.25, 0.3) is 0 Å². The minimum absolute atomic E-state index is 0.0192. The first-order chi connectivity index (χ1) is 13.1. The van der Waals surface area contributed by atoms with Gasteiger partial charge in [-0.3, -0.25) is 4.79 Å². The van der Waals surface area contributed by atoms with Gasteiger partial charge >= 0.3 is 0 Å². The van der Waals surface area contributed by atoms with Gasteiger partial charge < -0.3 is 24.6 Å². The maximum absolute atomic E-state index is 12.5. The number of carbonyl (C=O) groups is 1. The highest BCUT2D eigenvalue weighted by atomic mass is 35.5. The van der Waals surface area contributed by atoms with E-state index in [-0.39, 0.29) is 12.5 Å². The summed E-state index contributed by atoms with van der Waals surface area (Å²) in [5.41, 5.74) is 2.83. The van der Waals surface area contributed by atoms with E-state index in [2.05, 4.69) is 16.3 Å². The van der Waals surface area contributed by atoms with Crippen LogP contribution in [0.4, 0.5) is 11.4 Å². The number of hydrogen-bond acceptors (Lipinski definition) is 5. The van der Waals surface area contributed by atoms with E-state index in [9.17, 15) is 4.79 Å². The molecule has 0 radical (unpaired) electrons. The van der Waals surface area contributed by atoms with Crippen molar-refractivity contribution < 1.29 is 14.3 Å². The molecule has 27 heavy (non-hydrogen) atoms. The maximum Gasteiger partial charge on any atom is 0.265 e. The number of anilines is 2. The minimum Gasteiger partial charge on any atom is -0.497 e. The lowest BCUT2D eigenvalue weighted by Crippen LogP contribution is -2.43. The Morgan fingerprint density at radius 3 is 2.78 bits per heavy atom. The second-order valence-corrected chi connectivity index (χ2v) is 7.09. The van der Waals surface area contributed by atoms with E-state index in [1.54, 1.807) is 18.1 Å². The van der Waals surface area contributed by atoms with E-state index in [1.165, 1.54) is 0 Å². The zero-order valence-corrected chi connectivity index (χ0v) is 16.0. The number of nitrogens with one attached hydrogen (secondary N) is 1. The van der Waals surface area contributed by atoms with Gasteiger partial charge in [-0.25, -0.2) is 0 Å². The van der Waals surface area contributed by atoms with Crippen molar-refractivity contribution in [2.24, 2.45) is 0 Å². The minimum atomic E-state index is -0.0728. The molecular weight excluding hydrogens is 366 g/mol. The Hall–Kier alpha value is -2.44. The summed E-state index contributed by atoms with van der Waals surface area (Å²) in [5, 5.41) is 4.03. The highest BCUT2D eigenvalue weighted by Crippen LogP contribution is 2.36. The van der Waals surface area contributed by atoms with Gasteiger partial charge in [0.1, 0.15) is 11.5 Å². The lowest BCUT2D eigenvalue weighted by molar-refractivity contribution is -0.121. The van der Waals surface area contributed by atoms with Crippen molar-refractivity contribution in [2.75, 3.05) is 49.7 Å². The monoisotopic (exact) mass is 387 g/mol. The number of halogens is 1. The number of amides is 1. The Bertz CT molecular complexity index is 852. The molecule has 2 aliphatic heterocycles. The summed E-state index contributed by atoms with van der Waals surface area (Å²) in [6.45, 7) is 4.27. The van der Waals surface area contributed by atoms with Crippen molar-refractivity contribution in [3.8, 4) is 11.5 Å². The third kappa shape index (κ3) is 3.82. The van der Waals surface area contributed by atoms with Crippen LogP contribution in [0, 0.1) is 0 Å². The van der Waals surface area contributed by atoms with Crippen LogP contribution in [-0.4, -0.2) is 45.8 Å². The van der Waals surface area contributed by atoms with E-state index in [4.69, 9.17) is 21.1 Å². The Morgan fingerprint density at radius 2 is 2.00 bits per heavy atom. The average Bonchev–Trinajstić information content (AvgIpc) is 2.70. The summed E-state index contributed by atoms with van der Waals surface area (Å²) < 4.78 is 10.8. The number of fused-ring (bicyclic) bond motifs is 1. The highest BCUT2D eigenvalue weighted by Gasteiger charge is 2.26. The van der Waals surface area contributed by atoms with Crippen LogP contribution in [0.5, 0.6) is 11.5 Å². The number of rotatable bonds is 4. The number of carbonyl (C=O) groups excluding carboxylic acids is 1. The molecular formula is C20H22ClN3O3. The molecule has 0 spiro atoms. The third-order valence-electron chi connectivity index (χ3n) is 4.88. The first-order valence-corrected chi connectivity index (χ1v) is 9.38. The molecule has 2 aromatic carbocycles. The SMILES string of the molecule is COc1ccc2c(c1)OCC(=O)N2Cc1cc(Cl)cc(N2CCNCC2)c1. The second kappa shape index (κ2) is 7.66. The van der Waals surface area contributed by atoms with Gasteiger partial charge in [0.15, 0.2) is 6.61 Å². The summed E-state index contributed by atoms with van der Waals surface area (Å²) in [7, 11) is 1.61. The molecule has 1 N–H and O–H groups in total. The van der Waals surface area contributed by atoms with Crippen LogP contribution in [0.1, 0.15) is 5.56 Å². The number of benzene rings is 2. The first kappa shape index (κ1) is 17.9. The molecule has 0 aromatic heterocycles. The van der Waals surface area contributed by atoms with Gasteiger partial charge in [0.25, 0.3) is 5.91 Å². The van der Waals surface area contributed by atoms with Crippen molar-refractivity contribution in [1.29, 1.82) is 0 Å². The van der Waals surface area contributed by atoms with Gasteiger partial charge in [0.05, 0.1) is 19.3 Å². The number of hydrogen-bond donors (Lipinski definition) is 1. The highest BCUT2D eigenvalue weighted by molar-refractivity contribution is 6.31. The number of ether oxygens (including phenoxy) is 2. The summed E-state index contributed by atoms with van der Waals surface area (Å²) >= 11 is 6.38. The Kier molecular flexibility index (Phi) is 5.09. The third-order valence-corrected chi connectivity index (χ3v) is 5.09. The maximum atomic E-state index is 12.5. The molecule has 0 atom stereocenters. The summed E-state index contributed by atoms with van der Waals surface area (Å²) in [6, 6.07) is 11.5. The van der Waals surface area contributed by atoms with Crippen molar-refractivity contribution >= 4 is 28.9 Å². The molecule has 142 valence electrons. The molecule has 0 unspecified atom stereocenters. The van der Waals surface area contributed by atoms with Crippen LogP contribution < -0.4 is 24.6 Å². The molecule has 2 aromatic rings. The standard InChI is InChI=1S/C20H22ClN3O3/c1-26-17-2-3-18-19(11-17)27-13-20(25)24(18)12-14-8-15(21)10-16(9-14)23-6-4-22-5-7-23/h2-3,8-11,22H,4-7,12-13H2,1H3. The Balaban J connectivity index is 1.62. The second-order valence-electron chi connectivity index (χ2n) is 6.66. The van der Waals surface area contributed by atoms with Crippen LogP contribution in [-0.2, 0) is 11.3 Å². The van der Waals surface area contributed by atoms with Crippen LogP contribution in [0.15, 0.2) is 36.4 Å². The van der Waals surface area contributed by atoms with Gasteiger partial charge in [-0.05, 0) is 35.9 Å². The zero-order chi connectivity index (χ0) is 18.8. The van der Waals surface area contributed by atoms with E-state index in [0.29, 0.717) is 23.1 Å². The fourth-order valence-corrected chi connectivity index (χ4v) is 3.75. The van der Waals surface area contributed by atoms with Crippen molar-refractivity contribution in [2.45, 2.75) is 6.54 Å². The van der Waals surface area contributed by atoms with Crippen molar-refractivity contribution in [3.05, 3.63) is 47.0 Å². The largest absolute Gasteiger partial charge is 0.497 e. The Labute approximate surface area is 163 Å². The molecule has 2 aliphatic rings. The van der Waals surface area contributed by atoms with Crippen LogP contribution in [0.2, 0.25) is 5.02 Å². The van der Waals surface area contributed by atoms with E-state index in [0.717, 1.165) is 43.1 Å². The Morgan fingerprint density at radius 1 is 1.19 bits per heavy atom. The van der Waals surface area contributed by atoms with Crippen LogP contribution >= 0.6 is 11.6 Å². The van der Waals surface area contributed by atoms with E-state index >= 15 is 0 Å². The molecule has 0 aliphatic carbocycles. The van der Waals surface area contributed by atoms with E-state index in [1.807, 2.05) is 24.3 Å².